The Morgan fingerprint density at radius 3 is 2.68 bits per heavy atom. The Balaban J connectivity index is 1.75. The van der Waals surface area contributed by atoms with E-state index in [1.165, 1.54) is 16.9 Å². The van der Waals surface area contributed by atoms with Crippen molar-refractivity contribution in [3.8, 4) is 0 Å². The zero-order chi connectivity index (χ0) is 26.9. The molecule has 10 heteroatoms. The number of nitrogens with zero attached hydrogens (tertiary/aromatic N) is 3. The summed E-state index contributed by atoms with van der Waals surface area (Å²) < 4.78 is 10.9. The minimum Gasteiger partial charge on any atom is -0.465 e. The van der Waals surface area contributed by atoms with Gasteiger partial charge in [0.2, 0.25) is 5.76 Å². The first-order valence-electron chi connectivity index (χ1n) is 11.8. The number of ether oxygens (including phenoxy) is 1. The van der Waals surface area contributed by atoms with E-state index in [2.05, 4.69) is 11.6 Å². The molecule has 0 saturated heterocycles. The third-order valence-electron chi connectivity index (χ3n) is 6.94. The Labute approximate surface area is 220 Å². The Kier molecular flexibility index (Phi) is 5.15. The van der Waals surface area contributed by atoms with Gasteiger partial charge in [0.05, 0.1) is 29.4 Å². The largest absolute Gasteiger partial charge is 0.465 e. The predicted octanol–water partition coefficient (Wildman–Crippen LogP) is 4.09. The fraction of sp³-hybridized carbons (Fsp3) is 0.179. The molecule has 1 spiro atoms. The average Bonchev–Trinajstić information content (AvgIpc) is 3.49. The summed E-state index contributed by atoms with van der Waals surface area (Å²) in [6.07, 6.45) is 1.57. The fourth-order valence-electron chi connectivity index (χ4n) is 5.35. The van der Waals surface area contributed by atoms with Gasteiger partial charge >= 0.3 is 5.97 Å². The van der Waals surface area contributed by atoms with Crippen LogP contribution in [0.1, 0.15) is 42.6 Å². The van der Waals surface area contributed by atoms with Crippen LogP contribution < -0.4 is 15.2 Å². The van der Waals surface area contributed by atoms with Crippen LogP contribution in [0.4, 0.5) is 10.8 Å². The normalized spacial score (nSPS) is 17.9. The van der Waals surface area contributed by atoms with E-state index in [0.29, 0.717) is 16.9 Å². The van der Waals surface area contributed by atoms with Gasteiger partial charge in [0.15, 0.2) is 16.1 Å². The van der Waals surface area contributed by atoms with Crippen LogP contribution in [-0.4, -0.2) is 36.4 Å². The first kappa shape index (κ1) is 23.8. The van der Waals surface area contributed by atoms with Gasteiger partial charge in [-0.3, -0.25) is 19.3 Å². The van der Waals surface area contributed by atoms with E-state index in [0.717, 1.165) is 16.9 Å². The molecule has 0 N–H and O–H groups in total. The zero-order valence-corrected chi connectivity index (χ0v) is 21.5. The third-order valence-corrected chi connectivity index (χ3v) is 8.06. The molecule has 0 radical (unpaired) electrons. The monoisotopic (exact) mass is 527 g/mol. The van der Waals surface area contributed by atoms with E-state index >= 15 is 0 Å². The molecule has 4 aromatic rings. The first-order chi connectivity index (χ1) is 18.2. The molecule has 0 bridgehead atoms. The number of para-hydroxylation sites is 1. The van der Waals surface area contributed by atoms with Gasteiger partial charge in [-0.15, -0.1) is 6.58 Å². The minimum atomic E-state index is -1.89. The molecule has 4 heterocycles. The number of benzene rings is 2. The molecule has 2 aliphatic heterocycles. The van der Waals surface area contributed by atoms with Crippen LogP contribution in [0.25, 0.3) is 11.0 Å². The van der Waals surface area contributed by atoms with Crippen molar-refractivity contribution in [3.63, 3.8) is 0 Å². The lowest BCUT2D eigenvalue weighted by atomic mass is 9.84. The topological polar surface area (TPSA) is 110 Å². The van der Waals surface area contributed by atoms with Gasteiger partial charge < -0.3 is 14.1 Å². The van der Waals surface area contributed by atoms with Crippen LogP contribution in [-0.2, 0) is 15.1 Å². The quantitative estimate of drug-likeness (QED) is 0.290. The highest BCUT2D eigenvalue weighted by Crippen LogP contribution is 2.54. The molecule has 0 fully saturated rings. The summed E-state index contributed by atoms with van der Waals surface area (Å²) in [5.74, 6) is -2.07. The number of rotatable bonds is 4. The standard InChI is InChI=1S/C28H21N3O6S/c1-5-12-30-18-9-7-6-8-17(18)28(26(30)35)20-21(32)16-13-14(2)10-11-19(16)37-22(20)24(33)31(28)27-29-15(3)23(38-27)25(34)36-4/h5-11,13H,1,12H2,2-4H3. The molecule has 1 unspecified atom stereocenters. The highest BCUT2D eigenvalue weighted by atomic mass is 32.1. The SMILES string of the molecule is C=CCN1C(=O)C2(c3ccccc31)c1c(oc3ccc(C)cc3c1=O)C(=O)N2c1nc(C)c(C(=O)OC)s1. The van der Waals surface area contributed by atoms with Crippen LogP contribution in [0.2, 0.25) is 0 Å². The molecule has 0 saturated carbocycles. The van der Waals surface area contributed by atoms with Gasteiger partial charge in [0.25, 0.3) is 11.8 Å². The van der Waals surface area contributed by atoms with E-state index in [9.17, 15) is 19.2 Å². The second kappa shape index (κ2) is 8.22. The van der Waals surface area contributed by atoms with E-state index in [4.69, 9.17) is 9.15 Å². The van der Waals surface area contributed by atoms with Gasteiger partial charge in [0.1, 0.15) is 10.5 Å². The van der Waals surface area contributed by atoms with Crippen molar-refractivity contribution in [2.45, 2.75) is 19.4 Å². The Morgan fingerprint density at radius 2 is 1.95 bits per heavy atom. The number of methoxy groups -OCH3 is 1. The molecule has 2 aromatic carbocycles. The number of aromatic nitrogens is 1. The van der Waals surface area contributed by atoms with Crippen LogP contribution >= 0.6 is 11.3 Å². The number of carbonyl (C=O) groups excluding carboxylic acids is 3. The molecule has 2 amide bonds. The van der Waals surface area contributed by atoms with Gasteiger partial charge in [-0.25, -0.2) is 9.78 Å². The van der Waals surface area contributed by atoms with Crippen molar-refractivity contribution >= 4 is 50.9 Å². The summed E-state index contributed by atoms with van der Waals surface area (Å²) in [6, 6.07) is 12.1. The van der Waals surface area contributed by atoms with Crippen molar-refractivity contribution in [1.82, 2.24) is 4.98 Å². The number of hydrogen-bond acceptors (Lipinski definition) is 8. The third kappa shape index (κ3) is 2.89. The highest BCUT2D eigenvalue weighted by Gasteiger charge is 2.66. The van der Waals surface area contributed by atoms with Gasteiger partial charge in [0, 0.05) is 12.1 Å². The second-order valence-corrected chi connectivity index (χ2v) is 10.1. The van der Waals surface area contributed by atoms with Crippen molar-refractivity contribution in [1.29, 1.82) is 0 Å². The fourth-order valence-corrected chi connectivity index (χ4v) is 6.38. The maximum atomic E-state index is 14.5. The molecule has 2 aliphatic rings. The lowest BCUT2D eigenvalue weighted by molar-refractivity contribution is -0.121. The molecule has 38 heavy (non-hydrogen) atoms. The van der Waals surface area contributed by atoms with E-state index in [1.54, 1.807) is 55.5 Å². The second-order valence-electron chi connectivity index (χ2n) is 9.11. The Hall–Kier alpha value is -4.57. The number of hydrogen-bond donors (Lipinski definition) is 0. The van der Waals surface area contributed by atoms with Crippen molar-refractivity contribution in [3.05, 3.63) is 98.4 Å². The van der Waals surface area contributed by atoms with Crippen molar-refractivity contribution < 1.29 is 23.5 Å². The molecule has 1 atom stereocenters. The highest BCUT2D eigenvalue weighted by molar-refractivity contribution is 7.17. The summed E-state index contributed by atoms with van der Waals surface area (Å²) >= 11 is 0.913. The minimum absolute atomic E-state index is 0.0718. The van der Waals surface area contributed by atoms with Crippen LogP contribution in [0.3, 0.4) is 0 Å². The summed E-state index contributed by atoms with van der Waals surface area (Å²) in [7, 11) is 1.25. The molecule has 190 valence electrons. The Morgan fingerprint density at radius 1 is 1.18 bits per heavy atom. The lowest BCUT2D eigenvalue weighted by Crippen LogP contribution is -2.53. The number of amides is 2. The number of anilines is 2. The van der Waals surface area contributed by atoms with Crippen LogP contribution in [0.15, 0.2) is 64.3 Å². The lowest BCUT2D eigenvalue weighted by Gasteiger charge is -2.32. The van der Waals surface area contributed by atoms with Gasteiger partial charge in [-0.1, -0.05) is 47.2 Å². The molecular weight excluding hydrogens is 506 g/mol. The smallest absolute Gasteiger partial charge is 0.350 e. The molecule has 9 nitrogen and oxygen atoms in total. The molecule has 2 aromatic heterocycles. The van der Waals surface area contributed by atoms with Crippen molar-refractivity contribution in [2.75, 3.05) is 23.5 Å². The summed E-state index contributed by atoms with van der Waals surface area (Å²) in [5.41, 5.74) is -0.0801. The summed E-state index contributed by atoms with van der Waals surface area (Å²) in [4.78, 5) is 62.6. The summed E-state index contributed by atoms with van der Waals surface area (Å²) in [6.45, 7) is 7.38. The number of fused-ring (bicyclic) bond motifs is 5. The first-order valence-corrected chi connectivity index (χ1v) is 12.6. The molecule has 6 rings (SSSR count). The van der Waals surface area contributed by atoms with E-state index in [1.807, 2.05) is 6.92 Å². The molecular formula is C28H21N3O6S. The number of esters is 1. The van der Waals surface area contributed by atoms with Crippen LogP contribution in [0, 0.1) is 13.8 Å². The Bertz CT molecular complexity index is 1790. The van der Waals surface area contributed by atoms with E-state index < -0.39 is 28.8 Å². The van der Waals surface area contributed by atoms with Gasteiger partial charge in [-0.05, 0) is 32.0 Å². The average molecular weight is 528 g/mol. The predicted molar refractivity (Wildman–Crippen MR) is 142 cm³/mol. The van der Waals surface area contributed by atoms with Crippen molar-refractivity contribution in [2.24, 2.45) is 0 Å². The van der Waals surface area contributed by atoms with Gasteiger partial charge in [-0.2, -0.15) is 0 Å². The number of thiazole rings is 1. The van der Waals surface area contributed by atoms with E-state index in [-0.39, 0.29) is 38.8 Å². The maximum Gasteiger partial charge on any atom is 0.350 e. The zero-order valence-electron chi connectivity index (χ0n) is 20.7. The van der Waals surface area contributed by atoms with Crippen LogP contribution in [0.5, 0.6) is 0 Å². The number of carbonyl (C=O) groups is 3. The maximum absolute atomic E-state index is 14.5. The number of aryl methyl sites for hydroxylation is 2. The molecule has 0 aliphatic carbocycles. The summed E-state index contributed by atoms with van der Waals surface area (Å²) in [5, 5.41) is 0.332.